The van der Waals surface area contributed by atoms with Crippen molar-refractivity contribution in [2.24, 2.45) is 34.0 Å². The standard InChI is InChI=1S/C27H38N2O6/c1-7-25(4)12-20(35-24(33)18-13-28-14-29(15-34-6)23(18)32)26(5)16(2)8-10-27(17(3)22(25)31)11-9-19(30)21(26)27/h7,13-14,16-17,20-22,31H,1,8-12,15H2,2-6H3/t16?,17-,20+,21?,22-,25+,26-,27-/m0/s1. The molecule has 3 saturated carbocycles. The number of Topliss-reactive ketones (excluding diaryl/α,β-unsaturated/α-hetero) is 1. The van der Waals surface area contributed by atoms with Gasteiger partial charge in [0, 0.05) is 36.5 Å². The van der Waals surface area contributed by atoms with Gasteiger partial charge in [-0.15, -0.1) is 6.58 Å². The van der Waals surface area contributed by atoms with Crippen molar-refractivity contribution in [3.05, 3.63) is 41.1 Å². The number of aliphatic hydroxyl groups is 1. The summed E-state index contributed by atoms with van der Waals surface area (Å²) in [5.41, 5.74) is -2.47. The van der Waals surface area contributed by atoms with Crippen LogP contribution in [0.5, 0.6) is 0 Å². The Morgan fingerprint density at radius 1 is 1.31 bits per heavy atom. The molecular weight excluding hydrogens is 448 g/mol. The number of aromatic nitrogens is 2. The summed E-state index contributed by atoms with van der Waals surface area (Å²) in [5, 5.41) is 11.6. The summed E-state index contributed by atoms with van der Waals surface area (Å²) in [7, 11) is 1.45. The average molecular weight is 487 g/mol. The first-order valence-electron chi connectivity index (χ1n) is 12.5. The Balaban J connectivity index is 1.83. The Morgan fingerprint density at radius 2 is 2.03 bits per heavy atom. The number of carbonyl (C=O) groups excluding carboxylic acids is 2. The lowest BCUT2D eigenvalue weighted by Gasteiger charge is -2.61. The van der Waals surface area contributed by atoms with Crippen LogP contribution < -0.4 is 5.56 Å². The van der Waals surface area contributed by atoms with Crippen LogP contribution in [-0.2, 0) is 21.0 Å². The minimum absolute atomic E-state index is 0.0388. The van der Waals surface area contributed by atoms with Crippen LogP contribution >= 0.6 is 0 Å². The number of ketones is 1. The minimum Gasteiger partial charge on any atom is -0.458 e. The minimum atomic E-state index is -0.775. The fourth-order valence-electron chi connectivity index (χ4n) is 7.52. The number of hydrogen-bond acceptors (Lipinski definition) is 7. The molecule has 3 aliphatic carbocycles. The van der Waals surface area contributed by atoms with Gasteiger partial charge in [0.05, 0.1) is 12.4 Å². The van der Waals surface area contributed by atoms with Gasteiger partial charge in [-0.1, -0.05) is 33.8 Å². The van der Waals surface area contributed by atoms with Crippen LogP contribution in [0.15, 0.2) is 30.0 Å². The van der Waals surface area contributed by atoms with Gasteiger partial charge in [-0.3, -0.25) is 14.2 Å². The average Bonchev–Trinajstić information content (AvgIpc) is 3.19. The number of nitrogens with zero attached hydrogens (tertiary/aromatic N) is 2. The zero-order valence-electron chi connectivity index (χ0n) is 21.5. The Hall–Kier alpha value is -2.32. The first-order valence-corrected chi connectivity index (χ1v) is 12.5. The summed E-state index contributed by atoms with van der Waals surface area (Å²) in [4.78, 5) is 43.8. The number of rotatable bonds is 5. The lowest BCUT2D eigenvalue weighted by molar-refractivity contribution is -0.192. The van der Waals surface area contributed by atoms with Crippen LogP contribution in [0.25, 0.3) is 0 Å². The molecule has 0 aliphatic heterocycles. The number of hydrogen-bond donors (Lipinski definition) is 1. The van der Waals surface area contributed by atoms with Gasteiger partial charge in [0.15, 0.2) is 0 Å². The fourth-order valence-corrected chi connectivity index (χ4v) is 7.52. The molecule has 0 aromatic carbocycles. The second kappa shape index (κ2) is 8.96. The highest BCUT2D eigenvalue weighted by Gasteiger charge is 2.68. The number of methoxy groups -OCH3 is 1. The molecule has 35 heavy (non-hydrogen) atoms. The maximum Gasteiger partial charge on any atom is 0.345 e. The van der Waals surface area contributed by atoms with E-state index in [1.165, 1.54) is 24.2 Å². The zero-order valence-corrected chi connectivity index (χ0v) is 21.5. The van der Waals surface area contributed by atoms with Crippen molar-refractivity contribution in [3.8, 4) is 0 Å². The fraction of sp³-hybridized carbons (Fsp3) is 0.704. The third kappa shape index (κ3) is 3.71. The van der Waals surface area contributed by atoms with Gasteiger partial charge in [0.1, 0.15) is 24.2 Å². The van der Waals surface area contributed by atoms with Crippen LogP contribution in [0, 0.1) is 34.0 Å². The second-order valence-electron chi connectivity index (χ2n) is 11.5. The van der Waals surface area contributed by atoms with E-state index in [4.69, 9.17) is 9.47 Å². The molecule has 1 N–H and O–H groups in total. The molecule has 8 atom stereocenters. The number of ether oxygens (including phenoxy) is 2. The van der Waals surface area contributed by atoms with E-state index in [0.717, 1.165) is 19.3 Å². The van der Waals surface area contributed by atoms with Gasteiger partial charge in [0.2, 0.25) is 0 Å². The molecule has 0 amide bonds. The molecule has 0 saturated heterocycles. The summed E-state index contributed by atoms with van der Waals surface area (Å²) < 4.78 is 12.4. The maximum absolute atomic E-state index is 13.5. The summed E-state index contributed by atoms with van der Waals surface area (Å²) in [6.45, 7) is 12.2. The lowest BCUT2D eigenvalue weighted by atomic mass is 9.44. The van der Waals surface area contributed by atoms with E-state index in [0.29, 0.717) is 12.8 Å². The first-order chi connectivity index (χ1) is 16.5. The molecular formula is C27H38N2O6. The molecule has 1 heterocycles. The van der Waals surface area contributed by atoms with Crippen LogP contribution in [0.4, 0.5) is 0 Å². The molecule has 1 aromatic heterocycles. The van der Waals surface area contributed by atoms with Crippen molar-refractivity contribution in [3.63, 3.8) is 0 Å². The third-order valence-corrected chi connectivity index (χ3v) is 9.94. The van der Waals surface area contributed by atoms with Gasteiger partial charge in [-0.25, -0.2) is 9.78 Å². The van der Waals surface area contributed by atoms with Gasteiger partial charge < -0.3 is 14.6 Å². The van der Waals surface area contributed by atoms with Crippen LogP contribution in [0.2, 0.25) is 0 Å². The maximum atomic E-state index is 13.5. The lowest BCUT2D eigenvalue weighted by Crippen LogP contribution is -2.63. The summed E-state index contributed by atoms with van der Waals surface area (Å²) in [6.07, 6.45) is 6.07. The molecule has 1 aromatic rings. The smallest absolute Gasteiger partial charge is 0.345 e. The highest BCUT2D eigenvalue weighted by Crippen LogP contribution is 2.68. The predicted octanol–water partition coefficient (Wildman–Crippen LogP) is 3.37. The highest BCUT2D eigenvalue weighted by molar-refractivity contribution is 5.89. The predicted molar refractivity (Wildman–Crippen MR) is 129 cm³/mol. The molecule has 4 rings (SSSR count). The quantitative estimate of drug-likeness (QED) is 0.502. The molecule has 0 spiro atoms. The van der Waals surface area contributed by atoms with E-state index >= 15 is 0 Å². The number of aliphatic hydroxyl groups excluding tert-OH is 1. The van der Waals surface area contributed by atoms with Gasteiger partial charge in [-0.2, -0.15) is 0 Å². The van der Waals surface area contributed by atoms with Gasteiger partial charge >= 0.3 is 5.97 Å². The van der Waals surface area contributed by atoms with Crippen molar-refractivity contribution in [2.45, 2.75) is 78.7 Å². The van der Waals surface area contributed by atoms with E-state index in [9.17, 15) is 19.5 Å². The Labute approximate surface area is 206 Å². The monoisotopic (exact) mass is 486 g/mol. The first kappa shape index (κ1) is 25.8. The molecule has 3 aliphatic rings. The molecule has 3 fully saturated rings. The van der Waals surface area contributed by atoms with Crippen molar-refractivity contribution in [2.75, 3.05) is 7.11 Å². The molecule has 192 valence electrons. The van der Waals surface area contributed by atoms with Crippen molar-refractivity contribution in [1.29, 1.82) is 0 Å². The number of esters is 1. The van der Waals surface area contributed by atoms with Crippen LogP contribution in [0.1, 0.15) is 70.2 Å². The van der Waals surface area contributed by atoms with E-state index in [1.54, 1.807) is 6.08 Å². The van der Waals surface area contributed by atoms with Gasteiger partial charge in [-0.05, 0) is 42.9 Å². The largest absolute Gasteiger partial charge is 0.458 e. The Morgan fingerprint density at radius 3 is 2.69 bits per heavy atom. The SMILES string of the molecule is C=C[C@]1(C)C[C@@H](OC(=O)c2cncn(COC)c2=O)[C@]2(C)C(C)CC[C@]3(CCC(=O)C32)[C@@H](C)[C@@H]1O. The van der Waals surface area contributed by atoms with Crippen molar-refractivity contribution >= 4 is 11.8 Å². The van der Waals surface area contributed by atoms with E-state index in [1.807, 2.05) is 6.92 Å². The van der Waals surface area contributed by atoms with Crippen LogP contribution in [-0.4, -0.2) is 45.7 Å². The van der Waals surface area contributed by atoms with E-state index in [2.05, 4.69) is 32.3 Å². The molecule has 2 unspecified atom stereocenters. The summed E-state index contributed by atoms with van der Waals surface area (Å²) in [6, 6.07) is 0. The Bertz CT molecular complexity index is 1080. The van der Waals surface area contributed by atoms with Gasteiger partial charge in [0.25, 0.3) is 5.56 Å². The normalized spacial score (nSPS) is 41.0. The molecule has 0 radical (unpaired) electrons. The zero-order chi connectivity index (χ0) is 25.8. The highest BCUT2D eigenvalue weighted by atomic mass is 16.5. The Kier molecular flexibility index (Phi) is 6.60. The molecule has 8 nitrogen and oxygen atoms in total. The summed E-state index contributed by atoms with van der Waals surface area (Å²) >= 11 is 0. The van der Waals surface area contributed by atoms with E-state index < -0.39 is 34.6 Å². The molecule has 8 heteroatoms. The number of carbonyl (C=O) groups is 2. The second-order valence-corrected chi connectivity index (χ2v) is 11.5. The van der Waals surface area contributed by atoms with Crippen LogP contribution in [0.3, 0.4) is 0 Å². The molecule has 2 bridgehead atoms. The third-order valence-electron chi connectivity index (χ3n) is 9.94. The van der Waals surface area contributed by atoms with Crippen molar-refractivity contribution < 1.29 is 24.2 Å². The van der Waals surface area contributed by atoms with E-state index in [-0.39, 0.29) is 41.2 Å². The summed E-state index contributed by atoms with van der Waals surface area (Å²) in [5.74, 6) is -0.914. The van der Waals surface area contributed by atoms with Crippen molar-refractivity contribution in [1.82, 2.24) is 9.55 Å². The topological polar surface area (TPSA) is 108 Å².